The number of aliphatic carboxylic acids is 1. The summed E-state index contributed by atoms with van der Waals surface area (Å²) in [5.74, 6) is -1.28. The Morgan fingerprint density at radius 1 is 1.45 bits per heavy atom. The van der Waals surface area contributed by atoms with Gasteiger partial charge in [-0.25, -0.2) is 0 Å². The summed E-state index contributed by atoms with van der Waals surface area (Å²) in [5.41, 5.74) is 1.37. The Morgan fingerprint density at radius 3 is 2.55 bits per heavy atom. The molecule has 0 aliphatic heterocycles. The van der Waals surface area contributed by atoms with E-state index >= 15 is 0 Å². The highest BCUT2D eigenvalue weighted by atomic mass is 19.4. The van der Waals surface area contributed by atoms with Crippen LogP contribution in [0.2, 0.25) is 0 Å². The van der Waals surface area contributed by atoms with E-state index in [9.17, 15) is 18.0 Å². The normalized spacial score (nSPS) is 12.1. The van der Waals surface area contributed by atoms with Crippen molar-refractivity contribution in [2.24, 2.45) is 0 Å². The molecule has 0 spiro atoms. The summed E-state index contributed by atoms with van der Waals surface area (Å²) in [6.07, 6.45) is -3.75. The number of halogens is 3. The quantitative estimate of drug-likeness (QED) is 0.834. The van der Waals surface area contributed by atoms with Gasteiger partial charge < -0.3 is 5.11 Å². The van der Waals surface area contributed by atoms with Crippen LogP contribution in [0.5, 0.6) is 0 Å². The maximum absolute atomic E-state index is 12.5. The van der Waals surface area contributed by atoms with E-state index < -0.39 is 25.2 Å². The third-order valence-corrected chi connectivity index (χ3v) is 2.72. The molecule has 114 valence electrons. The van der Waals surface area contributed by atoms with E-state index in [1.165, 1.54) is 0 Å². The van der Waals surface area contributed by atoms with Gasteiger partial charge in [-0.1, -0.05) is 6.92 Å². The highest BCUT2D eigenvalue weighted by molar-refractivity contribution is 5.69. The van der Waals surface area contributed by atoms with Gasteiger partial charge in [0.15, 0.2) is 0 Å². The minimum absolute atomic E-state index is 0.0906. The Balaban J connectivity index is 2.87. The first-order valence-corrected chi connectivity index (χ1v) is 6.31. The smallest absolute Gasteiger partial charge is 0.401 e. The molecule has 0 unspecified atom stereocenters. The first-order chi connectivity index (χ1) is 9.25. The van der Waals surface area contributed by atoms with Crippen LogP contribution < -0.4 is 0 Å². The minimum atomic E-state index is -4.43. The second-order valence-electron chi connectivity index (χ2n) is 4.45. The van der Waals surface area contributed by atoms with Crippen LogP contribution in [-0.2, 0) is 24.3 Å². The van der Waals surface area contributed by atoms with Gasteiger partial charge in [-0.15, -0.1) is 0 Å². The second kappa shape index (κ2) is 6.74. The average molecular weight is 293 g/mol. The summed E-state index contributed by atoms with van der Waals surface area (Å²) in [6.45, 7) is 2.26. The zero-order chi connectivity index (χ0) is 15.3. The Labute approximate surface area is 115 Å². The predicted octanol–water partition coefficient (Wildman–Crippen LogP) is 1.91. The Kier molecular flexibility index (Phi) is 5.55. The van der Waals surface area contributed by atoms with E-state index in [-0.39, 0.29) is 6.54 Å². The zero-order valence-corrected chi connectivity index (χ0v) is 11.4. The summed E-state index contributed by atoms with van der Waals surface area (Å²) in [6, 6.07) is 1.72. The third-order valence-electron chi connectivity index (χ3n) is 2.72. The van der Waals surface area contributed by atoms with Crippen LogP contribution in [0.15, 0.2) is 6.07 Å². The molecule has 0 fully saturated rings. The van der Waals surface area contributed by atoms with E-state index in [0.717, 1.165) is 10.6 Å². The van der Waals surface area contributed by atoms with Crippen molar-refractivity contribution in [2.75, 3.05) is 13.1 Å². The molecule has 0 bridgehead atoms. The van der Waals surface area contributed by atoms with Crippen molar-refractivity contribution in [1.82, 2.24) is 14.7 Å². The van der Waals surface area contributed by atoms with E-state index in [1.54, 1.807) is 10.7 Å². The average Bonchev–Trinajstić information content (AvgIpc) is 2.68. The molecule has 0 aliphatic rings. The van der Waals surface area contributed by atoms with Crippen LogP contribution in [0.25, 0.3) is 0 Å². The number of nitrogens with zero attached hydrogens (tertiary/aromatic N) is 3. The standard InChI is InChI=1S/C12H18F3N3O2/c1-3-9-5-10(18(4-2)16-9)6-17(7-11(19)20)8-12(13,14)15/h5H,3-4,6-8H2,1-2H3,(H,19,20). The SMILES string of the molecule is CCc1cc(CN(CC(=O)O)CC(F)(F)F)n(CC)n1. The van der Waals surface area contributed by atoms with E-state index in [1.807, 2.05) is 13.8 Å². The van der Waals surface area contributed by atoms with E-state index in [4.69, 9.17) is 5.11 Å². The Bertz CT molecular complexity index is 457. The minimum Gasteiger partial charge on any atom is -0.480 e. The number of carboxylic acid groups (broad SMARTS) is 1. The lowest BCUT2D eigenvalue weighted by Crippen LogP contribution is -2.37. The molecule has 0 amide bonds. The summed E-state index contributed by atoms with van der Waals surface area (Å²) in [4.78, 5) is 11.5. The van der Waals surface area contributed by atoms with Crippen LogP contribution in [0.1, 0.15) is 25.2 Å². The number of hydrogen-bond donors (Lipinski definition) is 1. The molecular weight excluding hydrogens is 275 g/mol. The van der Waals surface area contributed by atoms with E-state index in [2.05, 4.69) is 5.10 Å². The Morgan fingerprint density at radius 2 is 2.10 bits per heavy atom. The molecule has 5 nitrogen and oxygen atoms in total. The van der Waals surface area contributed by atoms with Crippen molar-refractivity contribution in [2.45, 2.75) is 39.5 Å². The highest BCUT2D eigenvalue weighted by Crippen LogP contribution is 2.18. The molecule has 1 N–H and O–H groups in total. The van der Waals surface area contributed by atoms with Gasteiger partial charge in [-0.3, -0.25) is 14.4 Å². The molecule has 1 heterocycles. The molecule has 1 aromatic heterocycles. The predicted molar refractivity (Wildman–Crippen MR) is 66.2 cm³/mol. The van der Waals surface area contributed by atoms with Crippen LogP contribution in [0, 0.1) is 0 Å². The lowest BCUT2D eigenvalue weighted by molar-refractivity contribution is -0.155. The molecule has 1 aromatic rings. The molecule has 0 radical (unpaired) electrons. The fourth-order valence-electron chi connectivity index (χ4n) is 1.93. The van der Waals surface area contributed by atoms with Crippen molar-refractivity contribution < 1.29 is 23.1 Å². The van der Waals surface area contributed by atoms with Gasteiger partial charge in [0.2, 0.25) is 0 Å². The molecule has 0 saturated heterocycles. The number of carboxylic acids is 1. The maximum atomic E-state index is 12.5. The molecule has 0 aliphatic carbocycles. The van der Waals surface area contributed by atoms with Crippen LogP contribution in [0.3, 0.4) is 0 Å². The number of aryl methyl sites for hydroxylation is 2. The fraction of sp³-hybridized carbons (Fsp3) is 0.667. The van der Waals surface area contributed by atoms with Crippen LogP contribution in [-0.4, -0.2) is 45.0 Å². The number of carbonyl (C=O) groups is 1. The summed E-state index contributed by atoms with van der Waals surface area (Å²) in [7, 11) is 0. The lowest BCUT2D eigenvalue weighted by Gasteiger charge is -2.21. The maximum Gasteiger partial charge on any atom is 0.401 e. The first kappa shape index (κ1) is 16.5. The first-order valence-electron chi connectivity index (χ1n) is 6.31. The van der Waals surface area contributed by atoms with Crippen molar-refractivity contribution in [1.29, 1.82) is 0 Å². The summed E-state index contributed by atoms with van der Waals surface area (Å²) < 4.78 is 39.0. The van der Waals surface area contributed by atoms with Crippen molar-refractivity contribution >= 4 is 5.97 Å². The molecule has 8 heteroatoms. The van der Waals surface area contributed by atoms with Crippen molar-refractivity contribution in [3.05, 3.63) is 17.5 Å². The van der Waals surface area contributed by atoms with Gasteiger partial charge in [0.1, 0.15) is 0 Å². The van der Waals surface area contributed by atoms with Gasteiger partial charge in [0.25, 0.3) is 0 Å². The molecule has 0 saturated carbocycles. The topological polar surface area (TPSA) is 58.4 Å². The van der Waals surface area contributed by atoms with Gasteiger partial charge in [-0.05, 0) is 19.4 Å². The highest BCUT2D eigenvalue weighted by Gasteiger charge is 2.32. The van der Waals surface area contributed by atoms with Gasteiger partial charge in [0.05, 0.1) is 24.5 Å². The number of aromatic nitrogens is 2. The van der Waals surface area contributed by atoms with Crippen molar-refractivity contribution in [3.8, 4) is 0 Å². The summed E-state index contributed by atoms with van der Waals surface area (Å²) in [5, 5.41) is 12.9. The molecular formula is C12H18F3N3O2. The van der Waals surface area contributed by atoms with Crippen LogP contribution >= 0.6 is 0 Å². The van der Waals surface area contributed by atoms with Gasteiger partial charge in [0, 0.05) is 13.1 Å². The summed E-state index contributed by atoms with van der Waals surface area (Å²) >= 11 is 0. The third kappa shape index (κ3) is 5.20. The van der Waals surface area contributed by atoms with Crippen molar-refractivity contribution in [3.63, 3.8) is 0 Å². The fourth-order valence-corrected chi connectivity index (χ4v) is 1.93. The number of hydrogen-bond acceptors (Lipinski definition) is 3. The molecule has 20 heavy (non-hydrogen) atoms. The molecule has 0 atom stereocenters. The van der Waals surface area contributed by atoms with Gasteiger partial charge in [-0.2, -0.15) is 18.3 Å². The van der Waals surface area contributed by atoms with E-state index in [0.29, 0.717) is 18.7 Å². The number of rotatable bonds is 7. The Hall–Kier alpha value is -1.57. The lowest BCUT2D eigenvalue weighted by atomic mass is 10.3. The largest absolute Gasteiger partial charge is 0.480 e. The molecule has 1 rings (SSSR count). The monoisotopic (exact) mass is 293 g/mol. The molecule has 0 aromatic carbocycles. The second-order valence-corrected chi connectivity index (χ2v) is 4.45. The van der Waals surface area contributed by atoms with Crippen LogP contribution in [0.4, 0.5) is 13.2 Å². The van der Waals surface area contributed by atoms with Gasteiger partial charge >= 0.3 is 12.1 Å². The number of alkyl halides is 3. The zero-order valence-electron chi connectivity index (χ0n) is 11.4.